The quantitative estimate of drug-likeness (QED) is 0.349. The van der Waals surface area contributed by atoms with Gasteiger partial charge in [0.15, 0.2) is 6.61 Å². The molecule has 2 amide bonds. The second kappa shape index (κ2) is 10.7. The first-order valence-corrected chi connectivity index (χ1v) is 10.9. The minimum Gasteiger partial charge on any atom is -0.508 e. The number of rotatable bonds is 9. The average Bonchev–Trinajstić information content (AvgIpc) is 3.17. The highest BCUT2D eigenvalue weighted by Crippen LogP contribution is 2.44. The number of ether oxygens (including phenoxy) is 1. The summed E-state index contributed by atoms with van der Waals surface area (Å²) in [6.45, 7) is -0.661. The molecule has 3 aromatic carbocycles. The second-order valence-corrected chi connectivity index (χ2v) is 8.04. The Hall–Kier alpha value is -4.37. The van der Waals surface area contributed by atoms with Crippen LogP contribution in [0.15, 0.2) is 72.8 Å². The highest BCUT2D eigenvalue weighted by molar-refractivity contribution is 5.85. The summed E-state index contributed by atoms with van der Waals surface area (Å²) in [5, 5.41) is 20.7. The Morgan fingerprint density at radius 3 is 2.09 bits per heavy atom. The van der Waals surface area contributed by atoms with E-state index in [1.165, 1.54) is 12.1 Å². The number of carbonyl (C=O) groups excluding carboxylic acids is 2. The molecule has 3 aromatic rings. The summed E-state index contributed by atoms with van der Waals surface area (Å²) in [6, 6.07) is 20.9. The van der Waals surface area contributed by atoms with Crippen LogP contribution in [0.25, 0.3) is 11.1 Å². The van der Waals surface area contributed by atoms with Crippen LogP contribution in [-0.2, 0) is 25.6 Å². The third-order valence-corrected chi connectivity index (χ3v) is 5.70. The van der Waals surface area contributed by atoms with Crippen molar-refractivity contribution in [3.63, 3.8) is 0 Å². The summed E-state index contributed by atoms with van der Waals surface area (Å²) in [6.07, 6.45) is -0.740. The average molecular weight is 476 g/mol. The van der Waals surface area contributed by atoms with Crippen LogP contribution in [0.4, 0.5) is 4.79 Å². The van der Waals surface area contributed by atoms with E-state index in [0.717, 1.165) is 22.3 Å². The molecular formula is C26H24N2O7. The lowest BCUT2D eigenvalue weighted by atomic mass is 9.98. The molecule has 35 heavy (non-hydrogen) atoms. The van der Waals surface area contributed by atoms with Gasteiger partial charge < -0.3 is 20.3 Å². The molecule has 0 bridgehead atoms. The maximum absolute atomic E-state index is 12.7. The molecule has 4 rings (SSSR count). The molecule has 0 fully saturated rings. The molecule has 9 heteroatoms. The van der Waals surface area contributed by atoms with Crippen LogP contribution in [0, 0.1) is 0 Å². The molecule has 1 atom stereocenters. The zero-order valence-electron chi connectivity index (χ0n) is 18.6. The lowest BCUT2D eigenvalue weighted by Gasteiger charge is -2.19. The Balaban J connectivity index is 1.43. The van der Waals surface area contributed by atoms with E-state index in [4.69, 9.17) is 9.84 Å². The normalized spacial score (nSPS) is 12.8. The van der Waals surface area contributed by atoms with E-state index in [1.54, 1.807) is 12.1 Å². The Labute approximate surface area is 201 Å². The number of benzene rings is 3. The van der Waals surface area contributed by atoms with Crippen LogP contribution in [0.1, 0.15) is 22.6 Å². The van der Waals surface area contributed by atoms with Crippen LogP contribution < -0.4 is 10.8 Å². The number of aromatic hydroxyl groups is 1. The number of hydrogen-bond donors (Lipinski definition) is 4. The maximum atomic E-state index is 12.7. The number of fused-ring (bicyclic) bond motifs is 3. The van der Waals surface area contributed by atoms with Crippen LogP contribution in [-0.4, -0.2) is 47.4 Å². The third kappa shape index (κ3) is 5.77. The van der Waals surface area contributed by atoms with Gasteiger partial charge in [0.25, 0.3) is 5.91 Å². The number of amides is 2. The van der Waals surface area contributed by atoms with Gasteiger partial charge in [-0.25, -0.2) is 15.1 Å². The van der Waals surface area contributed by atoms with Crippen LogP contribution in [0.2, 0.25) is 0 Å². The second-order valence-electron chi connectivity index (χ2n) is 8.04. The first-order chi connectivity index (χ1) is 16.9. The molecule has 9 nitrogen and oxygen atoms in total. The van der Waals surface area contributed by atoms with Gasteiger partial charge in [-0.1, -0.05) is 60.7 Å². The van der Waals surface area contributed by atoms with E-state index in [-0.39, 0.29) is 24.7 Å². The highest BCUT2D eigenvalue weighted by atomic mass is 16.7. The fourth-order valence-corrected chi connectivity index (χ4v) is 4.10. The molecule has 0 aromatic heterocycles. The Morgan fingerprint density at radius 1 is 0.886 bits per heavy atom. The maximum Gasteiger partial charge on any atom is 0.407 e. The van der Waals surface area contributed by atoms with Crippen molar-refractivity contribution in [1.82, 2.24) is 10.8 Å². The number of aliphatic carboxylic acids is 1. The smallest absolute Gasteiger partial charge is 0.407 e. The van der Waals surface area contributed by atoms with E-state index >= 15 is 0 Å². The molecule has 0 saturated heterocycles. The van der Waals surface area contributed by atoms with Gasteiger partial charge in [-0.05, 0) is 39.9 Å². The van der Waals surface area contributed by atoms with Crippen molar-refractivity contribution in [3.8, 4) is 16.9 Å². The van der Waals surface area contributed by atoms with Crippen molar-refractivity contribution in [2.45, 2.75) is 18.4 Å². The van der Waals surface area contributed by atoms with E-state index < -0.39 is 30.6 Å². The summed E-state index contributed by atoms with van der Waals surface area (Å²) in [5.41, 5.74) is 6.99. The van der Waals surface area contributed by atoms with Gasteiger partial charge in [-0.3, -0.25) is 9.63 Å². The van der Waals surface area contributed by atoms with E-state index in [2.05, 4.69) is 10.2 Å². The van der Waals surface area contributed by atoms with Crippen molar-refractivity contribution in [2.75, 3.05) is 13.2 Å². The standard InChI is InChI=1S/C26H24N2O7/c29-17-11-9-16(10-12-17)13-23(25(32)28-35-15-24(30)31)27-26(33)34-14-22-20-7-3-1-5-18(20)19-6-2-4-8-21(19)22/h1-12,22-23,29H,13-15H2,(H,27,33)(H,28,32)(H,30,31)/t23-/m1/s1. The molecule has 0 saturated carbocycles. The number of alkyl carbamates (subject to hydrolysis) is 1. The lowest BCUT2D eigenvalue weighted by molar-refractivity contribution is -0.150. The largest absolute Gasteiger partial charge is 0.508 e. The summed E-state index contributed by atoms with van der Waals surface area (Å²) in [7, 11) is 0. The Morgan fingerprint density at radius 2 is 1.49 bits per heavy atom. The van der Waals surface area contributed by atoms with Crippen molar-refractivity contribution in [2.24, 2.45) is 0 Å². The molecule has 0 radical (unpaired) electrons. The van der Waals surface area contributed by atoms with Crippen molar-refractivity contribution in [3.05, 3.63) is 89.5 Å². The molecule has 4 N–H and O–H groups in total. The minimum absolute atomic E-state index is 0.0593. The topological polar surface area (TPSA) is 134 Å². The molecule has 1 aliphatic rings. The number of phenols is 1. The van der Waals surface area contributed by atoms with E-state index in [0.29, 0.717) is 5.56 Å². The molecule has 0 spiro atoms. The lowest BCUT2D eigenvalue weighted by Crippen LogP contribution is -2.48. The van der Waals surface area contributed by atoms with E-state index in [1.807, 2.05) is 54.0 Å². The van der Waals surface area contributed by atoms with Gasteiger partial charge >= 0.3 is 12.1 Å². The zero-order chi connectivity index (χ0) is 24.8. The van der Waals surface area contributed by atoms with Crippen LogP contribution in [0.3, 0.4) is 0 Å². The molecule has 1 aliphatic carbocycles. The SMILES string of the molecule is O=C(O)CONC(=O)[C@@H](Cc1ccc(O)cc1)NC(=O)OCC1c2ccccc2-c2ccccc21. The van der Waals surface area contributed by atoms with Crippen molar-refractivity contribution < 1.29 is 34.2 Å². The molecule has 180 valence electrons. The van der Waals surface area contributed by atoms with E-state index in [9.17, 15) is 19.5 Å². The summed E-state index contributed by atoms with van der Waals surface area (Å²) >= 11 is 0. The fourth-order valence-electron chi connectivity index (χ4n) is 4.10. The predicted octanol–water partition coefficient (Wildman–Crippen LogP) is 2.97. The Kier molecular flexibility index (Phi) is 7.27. The molecule has 0 aliphatic heterocycles. The summed E-state index contributed by atoms with van der Waals surface area (Å²) in [5.74, 6) is -2.09. The molecule has 0 heterocycles. The molecular weight excluding hydrogens is 452 g/mol. The predicted molar refractivity (Wildman–Crippen MR) is 126 cm³/mol. The van der Waals surface area contributed by atoms with Gasteiger partial charge in [0, 0.05) is 12.3 Å². The molecule has 0 unspecified atom stereocenters. The fraction of sp³-hybridized carbons (Fsp3) is 0.192. The van der Waals surface area contributed by atoms with Crippen molar-refractivity contribution >= 4 is 18.0 Å². The first-order valence-electron chi connectivity index (χ1n) is 10.9. The van der Waals surface area contributed by atoms with Crippen molar-refractivity contribution in [1.29, 1.82) is 0 Å². The third-order valence-electron chi connectivity index (χ3n) is 5.70. The van der Waals surface area contributed by atoms with Crippen LogP contribution >= 0.6 is 0 Å². The summed E-state index contributed by atoms with van der Waals surface area (Å²) in [4.78, 5) is 40.6. The Bertz CT molecular complexity index is 1180. The number of carboxylic acids is 1. The number of carboxylic acid groups (broad SMARTS) is 1. The highest BCUT2D eigenvalue weighted by Gasteiger charge is 2.30. The number of phenolic OH excluding ortho intramolecular Hbond substituents is 1. The minimum atomic E-state index is -1.26. The number of hydrogen-bond acceptors (Lipinski definition) is 6. The first kappa shape index (κ1) is 23.8. The number of hydroxylamine groups is 1. The van der Waals surface area contributed by atoms with Gasteiger partial charge in [-0.2, -0.15) is 0 Å². The number of nitrogens with one attached hydrogen (secondary N) is 2. The van der Waals surface area contributed by atoms with Gasteiger partial charge in [0.1, 0.15) is 18.4 Å². The van der Waals surface area contributed by atoms with Gasteiger partial charge in [-0.15, -0.1) is 0 Å². The summed E-state index contributed by atoms with van der Waals surface area (Å²) < 4.78 is 5.51. The monoisotopic (exact) mass is 476 g/mol. The number of carbonyl (C=O) groups is 3. The van der Waals surface area contributed by atoms with Crippen LogP contribution in [0.5, 0.6) is 5.75 Å². The van der Waals surface area contributed by atoms with Gasteiger partial charge in [0.05, 0.1) is 0 Å². The zero-order valence-corrected chi connectivity index (χ0v) is 18.6. The van der Waals surface area contributed by atoms with Gasteiger partial charge in [0.2, 0.25) is 0 Å².